The first kappa shape index (κ1) is 15.6. The molecule has 0 aliphatic rings. The van der Waals surface area contributed by atoms with E-state index in [2.05, 4.69) is 20.5 Å². The molecule has 2 heterocycles. The van der Waals surface area contributed by atoms with Crippen LogP contribution in [0.3, 0.4) is 0 Å². The number of tetrazole rings is 1. The average Bonchev–Trinajstić information content (AvgIpc) is 3.23. The van der Waals surface area contributed by atoms with Crippen molar-refractivity contribution in [2.24, 2.45) is 0 Å². The summed E-state index contributed by atoms with van der Waals surface area (Å²) in [4.78, 5) is 14.9. The van der Waals surface area contributed by atoms with Crippen molar-refractivity contribution in [2.75, 3.05) is 5.75 Å². The second-order valence-corrected chi connectivity index (χ2v) is 6.57. The Bertz CT molecular complexity index is 1040. The van der Waals surface area contributed by atoms with Crippen molar-refractivity contribution < 1.29 is 0 Å². The largest absolute Gasteiger partial charge is 0.326 e. The van der Waals surface area contributed by atoms with Gasteiger partial charge in [0.05, 0.1) is 16.7 Å². The molecule has 0 amide bonds. The van der Waals surface area contributed by atoms with Crippen LogP contribution in [0, 0.1) is 0 Å². The number of aryl methyl sites for hydroxylation is 1. The fourth-order valence-electron chi connectivity index (χ4n) is 2.72. The van der Waals surface area contributed by atoms with Gasteiger partial charge in [-0.3, -0.25) is 4.57 Å². The molecule has 0 saturated carbocycles. The van der Waals surface area contributed by atoms with E-state index in [9.17, 15) is 4.79 Å². The third-order valence-electron chi connectivity index (χ3n) is 3.88. The molecule has 0 atom stereocenters. The van der Waals surface area contributed by atoms with Gasteiger partial charge in [-0.2, -0.15) is 4.68 Å². The van der Waals surface area contributed by atoms with Crippen molar-refractivity contribution in [1.29, 1.82) is 0 Å². The lowest BCUT2D eigenvalue weighted by Gasteiger charge is -2.05. The molecule has 0 spiro atoms. The maximum atomic E-state index is 12.1. The summed E-state index contributed by atoms with van der Waals surface area (Å²) in [6.07, 6.45) is 0.841. The Hall–Kier alpha value is -2.87. The Morgan fingerprint density at radius 3 is 2.72 bits per heavy atom. The molecule has 0 bridgehead atoms. The Balaban J connectivity index is 1.41. The van der Waals surface area contributed by atoms with E-state index >= 15 is 0 Å². The Labute approximate surface area is 147 Å². The van der Waals surface area contributed by atoms with Gasteiger partial charge >= 0.3 is 5.69 Å². The molecule has 0 radical (unpaired) electrons. The smallest absolute Gasteiger partial charge is 0.306 e. The summed E-state index contributed by atoms with van der Waals surface area (Å²) in [7, 11) is 0. The van der Waals surface area contributed by atoms with Crippen LogP contribution in [0.4, 0.5) is 0 Å². The molecular formula is C17H16N6OS. The molecule has 1 N–H and O–H groups in total. The molecule has 0 saturated heterocycles. The van der Waals surface area contributed by atoms with Gasteiger partial charge in [-0.05, 0) is 41.1 Å². The van der Waals surface area contributed by atoms with E-state index in [1.165, 1.54) is 0 Å². The number of nitrogens with one attached hydrogen (secondary N) is 1. The van der Waals surface area contributed by atoms with E-state index in [0.29, 0.717) is 6.54 Å². The van der Waals surface area contributed by atoms with E-state index in [0.717, 1.165) is 34.1 Å². The Morgan fingerprint density at radius 2 is 1.84 bits per heavy atom. The molecule has 0 aliphatic heterocycles. The predicted molar refractivity (Wildman–Crippen MR) is 97.1 cm³/mol. The molecule has 8 heteroatoms. The molecule has 4 rings (SSSR count). The second-order valence-electron chi connectivity index (χ2n) is 5.51. The first-order valence-corrected chi connectivity index (χ1v) is 8.95. The number of thioether (sulfide) groups is 1. The van der Waals surface area contributed by atoms with Gasteiger partial charge < -0.3 is 4.98 Å². The standard InChI is InChI=1S/C17H16N6OS/c24-16-18-14-9-4-5-10-15(14)22(16)11-6-12-25-17-19-20-21-23(17)13-7-2-1-3-8-13/h1-5,7-10H,6,11-12H2,(H,18,24). The summed E-state index contributed by atoms with van der Waals surface area (Å²) in [5.74, 6) is 0.819. The van der Waals surface area contributed by atoms with Crippen LogP contribution in [-0.2, 0) is 6.54 Å². The molecule has 0 unspecified atom stereocenters. The summed E-state index contributed by atoms with van der Waals surface area (Å²) in [6, 6.07) is 17.5. The minimum Gasteiger partial charge on any atom is -0.306 e. The van der Waals surface area contributed by atoms with Gasteiger partial charge in [-0.1, -0.05) is 42.1 Å². The number of imidazole rings is 1. The van der Waals surface area contributed by atoms with Crippen LogP contribution in [0.1, 0.15) is 6.42 Å². The zero-order valence-electron chi connectivity index (χ0n) is 13.4. The maximum absolute atomic E-state index is 12.1. The van der Waals surface area contributed by atoms with Gasteiger partial charge in [0, 0.05) is 12.3 Å². The second kappa shape index (κ2) is 6.94. The zero-order valence-corrected chi connectivity index (χ0v) is 14.2. The van der Waals surface area contributed by atoms with Crippen molar-refractivity contribution in [1.82, 2.24) is 29.8 Å². The molecular weight excluding hydrogens is 336 g/mol. The van der Waals surface area contributed by atoms with Crippen LogP contribution in [0.15, 0.2) is 64.5 Å². The molecule has 7 nitrogen and oxygen atoms in total. The Kier molecular flexibility index (Phi) is 4.34. The fraction of sp³-hybridized carbons (Fsp3) is 0.176. The molecule has 2 aromatic heterocycles. The fourth-order valence-corrected chi connectivity index (χ4v) is 3.53. The van der Waals surface area contributed by atoms with Crippen LogP contribution in [0.2, 0.25) is 0 Å². The van der Waals surface area contributed by atoms with Gasteiger partial charge in [-0.15, -0.1) is 5.10 Å². The minimum absolute atomic E-state index is 0.0691. The number of hydrogen-bond acceptors (Lipinski definition) is 5. The number of H-pyrrole nitrogens is 1. The van der Waals surface area contributed by atoms with E-state index in [1.54, 1.807) is 21.0 Å². The highest BCUT2D eigenvalue weighted by Crippen LogP contribution is 2.19. The molecule has 25 heavy (non-hydrogen) atoms. The Morgan fingerprint density at radius 1 is 1.04 bits per heavy atom. The van der Waals surface area contributed by atoms with Crippen LogP contribution in [-0.4, -0.2) is 35.5 Å². The van der Waals surface area contributed by atoms with Gasteiger partial charge in [0.25, 0.3) is 0 Å². The van der Waals surface area contributed by atoms with E-state index in [4.69, 9.17) is 0 Å². The van der Waals surface area contributed by atoms with Crippen molar-refractivity contribution in [3.8, 4) is 5.69 Å². The van der Waals surface area contributed by atoms with Crippen LogP contribution >= 0.6 is 11.8 Å². The van der Waals surface area contributed by atoms with E-state index in [1.807, 2.05) is 54.6 Å². The lowest BCUT2D eigenvalue weighted by molar-refractivity contribution is 0.678. The van der Waals surface area contributed by atoms with Gasteiger partial charge in [0.15, 0.2) is 0 Å². The number of aromatic amines is 1. The summed E-state index contributed by atoms with van der Waals surface area (Å²) >= 11 is 1.58. The lowest BCUT2D eigenvalue weighted by atomic mass is 10.3. The monoisotopic (exact) mass is 352 g/mol. The van der Waals surface area contributed by atoms with Crippen molar-refractivity contribution in [3.05, 3.63) is 65.1 Å². The summed E-state index contributed by atoms with van der Waals surface area (Å²) in [5, 5.41) is 12.6. The first-order valence-electron chi connectivity index (χ1n) is 7.97. The summed E-state index contributed by atoms with van der Waals surface area (Å²) < 4.78 is 3.50. The van der Waals surface area contributed by atoms with Crippen molar-refractivity contribution in [2.45, 2.75) is 18.1 Å². The highest BCUT2D eigenvalue weighted by molar-refractivity contribution is 7.99. The number of para-hydroxylation sites is 3. The molecule has 126 valence electrons. The van der Waals surface area contributed by atoms with Gasteiger partial charge in [0.2, 0.25) is 5.16 Å². The van der Waals surface area contributed by atoms with E-state index in [-0.39, 0.29) is 5.69 Å². The van der Waals surface area contributed by atoms with Crippen LogP contribution in [0.25, 0.3) is 16.7 Å². The highest BCUT2D eigenvalue weighted by atomic mass is 32.2. The van der Waals surface area contributed by atoms with Crippen molar-refractivity contribution >= 4 is 22.8 Å². The zero-order chi connectivity index (χ0) is 17.1. The number of hydrogen-bond donors (Lipinski definition) is 1. The topological polar surface area (TPSA) is 81.4 Å². The van der Waals surface area contributed by atoms with Gasteiger partial charge in [-0.25, -0.2) is 4.79 Å². The number of aromatic nitrogens is 6. The third-order valence-corrected chi connectivity index (χ3v) is 4.89. The summed E-state index contributed by atoms with van der Waals surface area (Å²) in [5.41, 5.74) is 2.67. The number of nitrogens with zero attached hydrogens (tertiary/aromatic N) is 5. The summed E-state index contributed by atoms with van der Waals surface area (Å²) in [6.45, 7) is 0.656. The average molecular weight is 352 g/mol. The van der Waals surface area contributed by atoms with Crippen molar-refractivity contribution in [3.63, 3.8) is 0 Å². The first-order chi connectivity index (χ1) is 12.3. The molecule has 2 aromatic carbocycles. The normalized spacial score (nSPS) is 11.2. The lowest BCUT2D eigenvalue weighted by Crippen LogP contribution is -2.17. The minimum atomic E-state index is -0.0691. The van der Waals surface area contributed by atoms with E-state index < -0.39 is 0 Å². The third kappa shape index (κ3) is 3.20. The van der Waals surface area contributed by atoms with Crippen LogP contribution in [0.5, 0.6) is 0 Å². The number of fused-ring (bicyclic) bond motifs is 1. The quantitative estimate of drug-likeness (QED) is 0.426. The maximum Gasteiger partial charge on any atom is 0.326 e. The molecule has 4 aromatic rings. The predicted octanol–water partition coefficient (Wildman–Crippen LogP) is 2.49. The molecule has 0 fully saturated rings. The van der Waals surface area contributed by atoms with Gasteiger partial charge in [0.1, 0.15) is 0 Å². The SMILES string of the molecule is O=c1[nH]c2ccccc2n1CCCSc1nnnn1-c1ccccc1. The van der Waals surface area contributed by atoms with Crippen LogP contribution < -0.4 is 5.69 Å². The molecule has 0 aliphatic carbocycles. The number of benzene rings is 2. The highest BCUT2D eigenvalue weighted by Gasteiger charge is 2.09. The number of rotatable bonds is 6.